The first kappa shape index (κ1) is 12.0. The zero-order valence-electron chi connectivity index (χ0n) is 11.7. The van der Waals surface area contributed by atoms with E-state index >= 15 is 0 Å². The second kappa shape index (κ2) is 3.48. The van der Waals surface area contributed by atoms with Crippen molar-refractivity contribution in [2.45, 2.75) is 70.7 Å². The Bertz CT molecular complexity index is 325. The maximum absolute atomic E-state index is 6.61. The minimum Gasteiger partial charge on any atom is -0.353 e. The number of rotatable bonds is 1. The van der Waals surface area contributed by atoms with Gasteiger partial charge in [0.25, 0.3) is 0 Å². The van der Waals surface area contributed by atoms with Crippen LogP contribution in [0.25, 0.3) is 0 Å². The van der Waals surface area contributed by atoms with E-state index in [1.165, 1.54) is 38.5 Å². The largest absolute Gasteiger partial charge is 0.353 e. The molecule has 0 aromatic heterocycles. The third-order valence-corrected chi connectivity index (χ3v) is 6.10. The third kappa shape index (κ3) is 1.40. The van der Waals surface area contributed by atoms with E-state index in [0.717, 1.165) is 5.92 Å². The highest BCUT2D eigenvalue weighted by molar-refractivity contribution is 5.12. The minimum atomic E-state index is -0.330. The van der Waals surface area contributed by atoms with E-state index in [1.807, 2.05) is 7.11 Å². The van der Waals surface area contributed by atoms with Crippen LogP contribution in [0.2, 0.25) is 0 Å². The molecule has 3 fully saturated rings. The van der Waals surface area contributed by atoms with Crippen LogP contribution in [-0.2, 0) is 9.47 Å². The second-order valence-electron chi connectivity index (χ2n) is 7.16. The van der Waals surface area contributed by atoms with Crippen LogP contribution >= 0.6 is 0 Å². The Kier molecular flexibility index (Phi) is 2.45. The lowest BCUT2D eigenvalue weighted by atomic mass is 9.55. The fraction of sp³-hybridized carbons (Fsp3) is 1.00. The van der Waals surface area contributed by atoms with Crippen molar-refractivity contribution < 1.29 is 9.47 Å². The molecule has 2 aliphatic carbocycles. The van der Waals surface area contributed by atoms with Gasteiger partial charge in [-0.25, -0.2) is 0 Å². The first-order chi connectivity index (χ1) is 7.94. The average molecular weight is 238 g/mol. The molecule has 2 bridgehead atoms. The Labute approximate surface area is 105 Å². The Morgan fingerprint density at radius 1 is 1.06 bits per heavy atom. The molecular formula is C15H26O2. The highest BCUT2D eigenvalue weighted by Crippen LogP contribution is 2.64. The molecule has 0 amide bonds. The topological polar surface area (TPSA) is 18.5 Å². The Hall–Kier alpha value is -0.0800. The van der Waals surface area contributed by atoms with Crippen LogP contribution in [0.4, 0.5) is 0 Å². The molecule has 0 radical (unpaired) electrons. The zero-order chi connectivity index (χ0) is 12.3. The van der Waals surface area contributed by atoms with Gasteiger partial charge in [-0.15, -0.1) is 0 Å². The van der Waals surface area contributed by atoms with Crippen molar-refractivity contribution in [1.29, 1.82) is 0 Å². The van der Waals surface area contributed by atoms with E-state index in [0.29, 0.717) is 11.3 Å². The van der Waals surface area contributed by atoms with Gasteiger partial charge >= 0.3 is 0 Å². The van der Waals surface area contributed by atoms with Gasteiger partial charge in [0, 0.05) is 13.0 Å². The Balaban J connectivity index is 2.01. The summed E-state index contributed by atoms with van der Waals surface area (Å²) in [5.41, 5.74) is 0.407. The van der Waals surface area contributed by atoms with E-state index in [1.54, 1.807) is 0 Å². The molecule has 0 aromatic carbocycles. The van der Waals surface area contributed by atoms with Crippen molar-refractivity contribution in [3.05, 3.63) is 0 Å². The van der Waals surface area contributed by atoms with Gasteiger partial charge in [-0.1, -0.05) is 20.3 Å². The Morgan fingerprint density at radius 2 is 1.76 bits per heavy atom. The lowest BCUT2D eigenvalue weighted by molar-refractivity contribution is -0.276. The highest BCUT2D eigenvalue weighted by atomic mass is 16.7. The molecule has 1 aliphatic heterocycles. The summed E-state index contributed by atoms with van der Waals surface area (Å²) < 4.78 is 12.3. The van der Waals surface area contributed by atoms with Crippen molar-refractivity contribution in [2.24, 2.45) is 17.3 Å². The monoisotopic (exact) mass is 238 g/mol. The number of methoxy groups -OCH3 is 1. The fourth-order valence-corrected chi connectivity index (χ4v) is 4.84. The molecule has 0 N–H and O–H groups in total. The molecule has 1 spiro atoms. The van der Waals surface area contributed by atoms with Gasteiger partial charge in [-0.2, -0.15) is 0 Å². The van der Waals surface area contributed by atoms with Gasteiger partial charge in [-0.05, 0) is 50.4 Å². The summed E-state index contributed by atoms with van der Waals surface area (Å²) in [4.78, 5) is 0. The summed E-state index contributed by atoms with van der Waals surface area (Å²) in [6.45, 7) is 6.96. The van der Waals surface area contributed by atoms with Crippen LogP contribution in [0.15, 0.2) is 0 Å². The molecule has 98 valence electrons. The number of ether oxygens (including phenoxy) is 2. The molecule has 0 aromatic rings. The van der Waals surface area contributed by atoms with Gasteiger partial charge in [0.2, 0.25) is 0 Å². The van der Waals surface area contributed by atoms with Crippen LogP contribution in [0.5, 0.6) is 0 Å². The highest BCUT2D eigenvalue weighted by Gasteiger charge is 2.65. The van der Waals surface area contributed by atoms with Crippen molar-refractivity contribution in [2.75, 3.05) is 7.11 Å². The van der Waals surface area contributed by atoms with Gasteiger partial charge in [0.15, 0.2) is 5.79 Å². The average Bonchev–Trinajstić information content (AvgIpc) is 2.52. The maximum Gasteiger partial charge on any atom is 0.168 e. The molecule has 3 rings (SSSR count). The maximum atomic E-state index is 6.61. The summed E-state index contributed by atoms with van der Waals surface area (Å²) in [6, 6.07) is 0. The lowest BCUT2D eigenvalue weighted by Crippen LogP contribution is -2.54. The van der Waals surface area contributed by atoms with Crippen LogP contribution in [0.1, 0.15) is 59.3 Å². The summed E-state index contributed by atoms with van der Waals surface area (Å²) in [5.74, 6) is 1.03. The van der Waals surface area contributed by atoms with Gasteiger partial charge in [-0.3, -0.25) is 0 Å². The predicted molar refractivity (Wildman–Crippen MR) is 67.7 cm³/mol. The predicted octanol–water partition coefficient (Wildman–Crippen LogP) is 3.74. The minimum absolute atomic E-state index is 0.0962. The SMILES string of the molecule is CO[C@]1(C)O[C@]23C[C@H]1CCC2CCCC3(C)C. The first-order valence-electron chi connectivity index (χ1n) is 7.19. The molecular weight excluding hydrogens is 212 g/mol. The molecule has 2 saturated carbocycles. The third-order valence-electron chi connectivity index (χ3n) is 6.10. The molecule has 1 saturated heterocycles. The number of hydrogen-bond donors (Lipinski definition) is 0. The van der Waals surface area contributed by atoms with Gasteiger partial charge in [0.05, 0.1) is 5.60 Å². The molecule has 4 atom stereocenters. The summed E-state index contributed by atoms with van der Waals surface area (Å²) in [5, 5.41) is 0. The van der Waals surface area contributed by atoms with Gasteiger partial charge in [0.1, 0.15) is 0 Å². The van der Waals surface area contributed by atoms with E-state index in [4.69, 9.17) is 9.47 Å². The number of fused-ring (bicyclic) bond motifs is 1. The van der Waals surface area contributed by atoms with Crippen LogP contribution in [0.3, 0.4) is 0 Å². The molecule has 2 heteroatoms. The van der Waals surface area contributed by atoms with Gasteiger partial charge < -0.3 is 9.47 Å². The molecule has 1 heterocycles. The molecule has 1 unspecified atom stereocenters. The quantitative estimate of drug-likeness (QED) is 0.692. The molecule has 2 nitrogen and oxygen atoms in total. The first-order valence-corrected chi connectivity index (χ1v) is 7.19. The zero-order valence-corrected chi connectivity index (χ0v) is 11.7. The molecule has 3 aliphatic rings. The van der Waals surface area contributed by atoms with Crippen molar-refractivity contribution in [1.82, 2.24) is 0 Å². The van der Waals surface area contributed by atoms with Crippen LogP contribution in [0, 0.1) is 17.3 Å². The van der Waals surface area contributed by atoms with Crippen molar-refractivity contribution in [3.8, 4) is 0 Å². The smallest absolute Gasteiger partial charge is 0.168 e. The van der Waals surface area contributed by atoms with E-state index in [2.05, 4.69) is 20.8 Å². The molecule has 17 heavy (non-hydrogen) atoms. The van der Waals surface area contributed by atoms with E-state index in [-0.39, 0.29) is 11.4 Å². The van der Waals surface area contributed by atoms with E-state index in [9.17, 15) is 0 Å². The summed E-state index contributed by atoms with van der Waals surface area (Å²) in [7, 11) is 1.81. The number of hydrogen-bond acceptors (Lipinski definition) is 2. The standard InChI is InChI=1S/C15H26O2/c1-13(2)9-5-6-11-7-8-12-10-15(11,13)17-14(12,3)16-4/h11-12H,5-10H2,1-4H3/t11?,12-,14-,15-/m1/s1. The van der Waals surface area contributed by atoms with Crippen molar-refractivity contribution in [3.63, 3.8) is 0 Å². The Morgan fingerprint density at radius 3 is 2.47 bits per heavy atom. The summed E-state index contributed by atoms with van der Waals surface area (Å²) in [6.07, 6.45) is 7.87. The normalized spacial score (nSPS) is 52.2. The van der Waals surface area contributed by atoms with E-state index < -0.39 is 0 Å². The summed E-state index contributed by atoms with van der Waals surface area (Å²) >= 11 is 0. The van der Waals surface area contributed by atoms with Crippen LogP contribution < -0.4 is 0 Å². The lowest BCUT2D eigenvalue weighted by Gasteiger charge is -2.54. The second-order valence-corrected chi connectivity index (χ2v) is 7.16. The fourth-order valence-electron chi connectivity index (χ4n) is 4.84. The van der Waals surface area contributed by atoms with Crippen molar-refractivity contribution >= 4 is 0 Å². The van der Waals surface area contributed by atoms with Crippen LogP contribution in [-0.4, -0.2) is 18.5 Å².